The Morgan fingerprint density at radius 3 is 1.09 bits per heavy atom. The van der Waals surface area contributed by atoms with Gasteiger partial charge in [0.1, 0.15) is 0 Å². The topological polar surface area (TPSA) is 26.3 Å². The molecule has 0 aliphatic heterocycles. The van der Waals surface area contributed by atoms with Crippen LogP contribution in [0, 0.1) is 0 Å². The second-order valence-corrected chi connectivity index (χ2v) is 10.8. The smallest absolute Gasteiger partial charge is 0.305 e. The van der Waals surface area contributed by atoms with Crippen molar-refractivity contribution in [2.45, 2.75) is 194 Å². The predicted molar refractivity (Wildman–Crippen MR) is 152 cm³/mol. The van der Waals surface area contributed by atoms with Gasteiger partial charge in [0.25, 0.3) is 0 Å². The van der Waals surface area contributed by atoms with Crippen LogP contribution in [0.5, 0.6) is 0 Å². The summed E-state index contributed by atoms with van der Waals surface area (Å²) in [5, 5.41) is 0. The minimum Gasteiger partial charge on any atom is -0.466 e. The lowest BCUT2D eigenvalue weighted by molar-refractivity contribution is -0.143. The van der Waals surface area contributed by atoms with E-state index in [1.807, 2.05) is 0 Å². The van der Waals surface area contributed by atoms with E-state index >= 15 is 0 Å². The quantitative estimate of drug-likeness (QED) is 0.0782. The third-order valence-electron chi connectivity index (χ3n) is 7.25. The van der Waals surface area contributed by atoms with Gasteiger partial charge in [-0.15, -0.1) is 0 Å². The minimum absolute atomic E-state index is 0.0257. The summed E-state index contributed by atoms with van der Waals surface area (Å²) in [6.07, 6.45) is 37.2. The van der Waals surface area contributed by atoms with Gasteiger partial charge >= 0.3 is 5.97 Å². The fraction of sp³-hybridized carbons (Fsp3) is 0.969. The Bertz CT molecular complexity index is 379. The highest BCUT2D eigenvalue weighted by Crippen LogP contribution is 2.14. The monoisotopic (exact) mass is 482 g/mol. The van der Waals surface area contributed by atoms with Gasteiger partial charge in [0, 0.05) is 6.42 Å². The molecule has 2 heteroatoms. The molecule has 0 saturated carbocycles. The highest BCUT2D eigenvalue weighted by Gasteiger charge is 2.02. The largest absolute Gasteiger partial charge is 0.466 e. The van der Waals surface area contributed by atoms with Crippen molar-refractivity contribution in [1.29, 1.82) is 0 Å². The zero-order valence-electron chi connectivity index (χ0n) is 23.8. The third kappa shape index (κ3) is 29.5. The summed E-state index contributed by atoms with van der Waals surface area (Å²) in [4.78, 5) is 11.9. The molecule has 0 aliphatic rings. The summed E-state index contributed by atoms with van der Waals surface area (Å²) in [5.41, 5.74) is 0. The van der Waals surface area contributed by atoms with Crippen LogP contribution in [0.4, 0.5) is 0 Å². The first-order valence-corrected chi connectivity index (χ1v) is 16.0. The second kappa shape index (κ2) is 30.5. The van der Waals surface area contributed by atoms with Crippen LogP contribution in [-0.4, -0.2) is 12.6 Å². The van der Waals surface area contributed by atoms with Gasteiger partial charge in [-0.25, -0.2) is 0 Å². The lowest BCUT2D eigenvalue weighted by atomic mass is 10.0. The Morgan fingerprint density at radius 2 is 0.735 bits per heavy atom. The minimum atomic E-state index is 0.0257. The van der Waals surface area contributed by atoms with Gasteiger partial charge in [-0.2, -0.15) is 0 Å². The molecule has 0 spiro atoms. The average Bonchev–Trinajstić information content (AvgIpc) is 2.84. The van der Waals surface area contributed by atoms with Crippen LogP contribution in [0.3, 0.4) is 0 Å². The first-order valence-electron chi connectivity index (χ1n) is 16.0. The van der Waals surface area contributed by atoms with Crippen LogP contribution in [0.2, 0.25) is 0 Å². The number of ether oxygens (including phenoxy) is 1. The Hall–Kier alpha value is -0.530. The maximum Gasteiger partial charge on any atom is 0.305 e. The van der Waals surface area contributed by atoms with E-state index in [4.69, 9.17) is 4.74 Å². The van der Waals surface area contributed by atoms with E-state index in [0.717, 1.165) is 12.8 Å². The summed E-state index contributed by atoms with van der Waals surface area (Å²) < 4.78 is 5.42. The Morgan fingerprint density at radius 1 is 0.441 bits per heavy atom. The molecule has 0 aromatic heterocycles. The zero-order valence-corrected chi connectivity index (χ0v) is 23.8. The highest BCUT2D eigenvalue weighted by atomic mass is 16.7. The van der Waals surface area contributed by atoms with Gasteiger partial charge in [0.15, 0.2) is 0 Å². The molecule has 0 radical (unpaired) electrons. The van der Waals surface area contributed by atoms with E-state index in [0.29, 0.717) is 13.0 Å². The van der Waals surface area contributed by atoms with Crippen LogP contribution in [0.25, 0.3) is 0 Å². The predicted octanol–water partition coefficient (Wildman–Crippen LogP) is 11.5. The highest BCUT2D eigenvalue weighted by molar-refractivity contribution is 5.69. The number of hydrogen-bond donors (Lipinski definition) is 0. The molecular weight excluding hydrogens is 418 g/mol. The summed E-state index contributed by atoms with van der Waals surface area (Å²) in [6, 6.07) is 0. The van der Waals surface area contributed by atoms with E-state index in [-0.39, 0.29) is 5.97 Å². The Balaban J connectivity index is 3.14. The molecule has 0 N–H and O–H groups in total. The maximum absolute atomic E-state index is 11.9. The number of unbranched alkanes of at least 4 members (excludes halogenated alkanes) is 25. The molecule has 0 amide bonds. The van der Waals surface area contributed by atoms with Crippen LogP contribution in [0.1, 0.15) is 194 Å². The van der Waals surface area contributed by atoms with Crippen molar-refractivity contribution in [3.63, 3.8) is 0 Å². The lowest BCUT2D eigenvalue weighted by Crippen LogP contribution is -2.05. The van der Waals surface area contributed by atoms with Crippen LogP contribution < -0.4 is 0 Å². The molecule has 0 aliphatic carbocycles. The van der Waals surface area contributed by atoms with Crippen molar-refractivity contribution in [3.05, 3.63) is 0 Å². The van der Waals surface area contributed by atoms with Crippen molar-refractivity contribution in [3.8, 4) is 0 Å². The van der Waals surface area contributed by atoms with E-state index in [9.17, 15) is 4.79 Å². The summed E-state index contributed by atoms with van der Waals surface area (Å²) in [6.45, 7) is 5.20. The van der Waals surface area contributed by atoms with Crippen LogP contribution in [0.15, 0.2) is 0 Å². The first-order chi connectivity index (χ1) is 16.8. The van der Waals surface area contributed by atoms with Crippen molar-refractivity contribution < 1.29 is 9.53 Å². The molecule has 0 fully saturated rings. The molecule has 0 aromatic carbocycles. The van der Waals surface area contributed by atoms with Crippen LogP contribution >= 0.6 is 0 Å². The normalized spacial score (nSPS) is 11.2. The van der Waals surface area contributed by atoms with E-state index in [1.54, 1.807) is 0 Å². The standard InChI is InChI=1S/C32H64O2/c1-3-5-7-9-11-13-15-17-19-21-23-25-27-29-31-34-32(33)30-28-26-24-22-20-18-16-14-12-10-8-6-4-2/h3-31H2,1-2H3/i31+2. The molecule has 2 nitrogen and oxygen atoms in total. The second-order valence-electron chi connectivity index (χ2n) is 10.8. The van der Waals surface area contributed by atoms with Gasteiger partial charge in [-0.3, -0.25) is 4.79 Å². The molecule has 204 valence electrons. The molecular formula is C32H64O2. The molecule has 0 atom stereocenters. The maximum atomic E-state index is 11.9. The fourth-order valence-corrected chi connectivity index (χ4v) is 4.84. The molecule has 0 saturated heterocycles. The molecule has 0 rings (SSSR count). The van der Waals surface area contributed by atoms with Gasteiger partial charge < -0.3 is 4.74 Å². The van der Waals surface area contributed by atoms with Gasteiger partial charge in [0.05, 0.1) is 6.61 Å². The molecule has 0 heterocycles. The van der Waals surface area contributed by atoms with Gasteiger partial charge in [0.2, 0.25) is 0 Å². The Labute approximate surface area is 215 Å². The van der Waals surface area contributed by atoms with Crippen LogP contribution in [-0.2, 0) is 9.53 Å². The first kappa shape index (κ1) is 33.5. The average molecular weight is 483 g/mol. The van der Waals surface area contributed by atoms with E-state index in [2.05, 4.69) is 13.8 Å². The summed E-state index contributed by atoms with van der Waals surface area (Å²) >= 11 is 0. The number of esters is 1. The number of rotatable bonds is 29. The number of carbonyl (C=O) groups excluding carboxylic acids is 1. The van der Waals surface area contributed by atoms with Crippen molar-refractivity contribution >= 4 is 5.97 Å². The molecule has 34 heavy (non-hydrogen) atoms. The number of hydrogen-bond acceptors (Lipinski definition) is 2. The van der Waals surface area contributed by atoms with Crippen molar-refractivity contribution in [2.75, 3.05) is 6.61 Å². The van der Waals surface area contributed by atoms with Crippen molar-refractivity contribution in [1.82, 2.24) is 0 Å². The Kier molecular flexibility index (Phi) is 30.0. The van der Waals surface area contributed by atoms with E-state index < -0.39 is 0 Å². The zero-order chi connectivity index (χ0) is 24.8. The molecule has 0 unspecified atom stereocenters. The summed E-state index contributed by atoms with van der Waals surface area (Å²) in [5.74, 6) is 0.0257. The van der Waals surface area contributed by atoms with Crippen molar-refractivity contribution in [2.24, 2.45) is 0 Å². The molecule has 0 aromatic rings. The summed E-state index contributed by atoms with van der Waals surface area (Å²) in [7, 11) is 0. The van der Waals surface area contributed by atoms with E-state index in [1.165, 1.54) is 161 Å². The number of carbonyl (C=O) groups is 1. The SMILES string of the molecule is CCCCCCCCCCCCCCC[14CH2]OC(=O)CCCCCCCCCCCCCCC. The fourth-order valence-electron chi connectivity index (χ4n) is 4.84. The van der Waals surface area contributed by atoms with Gasteiger partial charge in [-0.05, 0) is 12.8 Å². The third-order valence-corrected chi connectivity index (χ3v) is 7.25. The van der Waals surface area contributed by atoms with Gasteiger partial charge in [-0.1, -0.05) is 174 Å². The molecule has 0 bridgehead atoms. The lowest BCUT2D eigenvalue weighted by Gasteiger charge is -2.06.